The summed E-state index contributed by atoms with van der Waals surface area (Å²) in [6.45, 7) is 0. The molecule has 0 aliphatic heterocycles. The van der Waals surface area contributed by atoms with Crippen molar-refractivity contribution >= 4 is 10.8 Å². The summed E-state index contributed by atoms with van der Waals surface area (Å²) in [5, 5.41) is 2.66. The molecule has 0 bridgehead atoms. The van der Waals surface area contributed by atoms with E-state index in [1.165, 1.54) is 10.8 Å². The van der Waals surface area contributed by atoms with Crippen molar-refractivity contribution in [1.29, 1.82) is 0 Å². The van der Waals surface area contributed by atoms with E-state index in [1.54, 1.807) is 0 Å². The Morgan fingerprint density at radius 2 is 1.58 bits per heavy atom. The zero-order valence-corrected chi connectivity index (χ0v) is 11.4. The number of fused-ring (bicyclic) bond motifs is 1. The Kier molecular flexibility index (Phi) is 8.33. The zero-order chi connectivity index (χ0) is 6.10. The molecule has 0 aliphatic carbocycles. The van der Waals surface area contributed by atoms with Crippen LogP contribution in [0.4, 0.5) is 0 Å². The fourth-order valence-electron chi connectivity index (χ4n) is 1.07. The van der Waals surface area contributed by atoms with Gasteiger partial charge >= 0.3 is 25.8 Å². The van der Waals surface area contributed by atoms with Crippen LogP contribution >= 0.6 is 0 Å². The van der Waals surface area contributed by atoms with Crippen LogP contribution in [0.25, 0.3) is 10.8 Å². The Balaban J connectivity index is 0. The molecule has 2 rings (SSSR count). The van der Waals surface area contributed by atoms with Crippen molar-refractivity contribution in [1.82, 2.24) is 0 Å². The fraction of sp³-hybridized carbons (Fsp3) is 0. The molecule has 60 valence electrons. The second-order valence-corrected chi connectivity index (χ2v) is 2.15. The average Bonchev–Trinajstić information content (AvgIpc) is 2.33. The van der Waals surface area contributed by atoms with Crippen molar-refractivity contribution in [3.8, 4) is 0 Å². The van der Waals surface area contributed by atoms with Gasteiger partial charge in [-0.2, -0.15) is 17.5 Å². The maximum atomic E-state index is 2.12. The van der Waals surface area contributed by atoms with Gasteiger partial charge in [-0.05, 0) is 0 Å². The van der Waals surface area contributed by atoms with Gasteiger partial charge in [-0.3, -0.25) is 0 Å². The van der Waals surface area contributed by atoms with Crippen LogP contribution in [-0.4, -0.2) is 0 Å². The van der Waals surface area contributed by atoms with Crippen LogP contribution in [0, 0.1) is 0 Å². The van der Waals surface area contributed by atoms with Gasteiger partial charge in [-0.25, -0.2) is 0 Å². The molecular formula is C9H7Cl2Hf+. The summed E-state index contributed by atoms with van der Waals surface area (Å²) in [7, 11) is 0. The van der Waals surface area contributed by atoms with E-state index in [9.17, 15) is 0 Å². The van der Waals surface area contributed by atoms with Crippen LogP contribution < -0.4 is 24.8 Å². The monoisotopic (exact) mass is 365 g/mol. The van der Waals surface area contributed by atoms with E-state index in [2.05, 4.69) is 42.5 Å². The SMILES string of the molecule is [Cl-].[Cl-].[Hf+4].c1ccc2[cH-]ccc2c1. The fourth-order valence-corrected chi connectivity index (χ4v) is 1.07. The van der Waals surface area contributed by atoms with Gasteiger partial charge in [0.1, 0.15) is 0 Å². The minimum Gasteiger partial charge on any atom is -1.00 e. The third kappa shape index (κ3) is 2.96. The van der Waals surface area contributed by atoms with E-state index < -0.39 is 0 Å². The molecule has 0 saturated heterocycles. The molecule has 0 saturated carbocycles. The van der Waals surface area contributed by atoms with E-state index in [0.717, 1.165) is 0 Å². The molecule has 2 aromatic rings. The molecule has 0 heterocycles. The smallest absolute Gasteiger partial charge is 1.00 e. The van der Waals surface area contributed by atoms with Crippen molar-refractivity contribution in [2.45, 2.75) is 0 Å². The largest absolute Gasteiger partial charge is 4.00 e. The number of hydrogen-bond acceptors (Lipinski definition) is 0. The minimum absolute atomic E-state index is 0. The number of halogens is 2. The van der Waals surface area contributed by atoms with Crippen molar-refractivity contribution in [2.24, 2.45) is 0 Å². The summed E-state index contributed by atoms with van der Waals surface area (Å²) in [6.07, 6.45) is 0. The van der Waals surface area contributed by atoms with Crippen molar-refractivity contribution < 1.29 is 50.7 Å². The molecule has 0 nitrogen and oxygen atoms in total. The molecule has 0 N–H and O–H groups in total. The first-order valence-corrected chi connectivity index (χ1v) is 3.07. The predicted octanol–water partition coefficient (Wildman–Crippen LogP) is -3.44. The second-order valence-electron chi connectivity index (χ2n) is 2.15. The molecule has 12 heavy (non-hydrogen) atoms. The van der Waals surface area contributed by atoms with E-state index >= 15 is 0 Å². The Hall–Kier alpha value is 0.280. The minimum atomic E-state index is 0. The van der Waals surface area contributed by atoms with E-state index in [4.69, 9.17) is 0 Å². The van der Waals surface area contributed by atoms with Gasteiger partial charge < -0.3 is 24.8 Å². The van der Waals surface area contributed by atoms with Crippen LogP contribution in [-0.2, 0) is 25.8 Å². The summed E-state index contributed by atoms with van der Waals surface area (Å²) in [6, 6.07) is 14.7. The first-order valence-electron chi connectivity index (χ1n) is 3.07. The third-order valence-electron chi connectivity index (χ3n) is 1.55. The predicted molar refractivity (Wildman–Crippen MR) is 39.5 cm³/mol. The van der Waals surface area contributed by atoms with Crippen molar-refractivity contribution in [2.75, 3.05) is 0 Å². The topological polar surface area (TPSA) is 0 Å². The zero-order valence-electron chi connectivity index (χ0n) is 6.30. The van der Waals surface area contributed by atoms with Gasteiger partial charge in [0.2, 0.25) is 0 Å². The van der Waals surface area contributed by atoms with Gasteiger partial charge in [0.15, 0.2) is 0 Å². The molecule has 0 fully saturated rings. The van der Waals surface area contributed by atoms with Crippen molar-refractivity contribution in [3.05, 3.63) is 42.5 Å². The summed E-state index contributed by atoms with van der Waals surface area (Å²) in [5.41, 5.74) is 0. The molecule has 0 atom stereocenters. The Labute approximate surface area is 103 Å². The molecule has 0 amide bonds. The first kappa shape index (κ1) is 14.8. The Morgan fingerprint density at radius 1 is 0.917 bits per heavy atom. The van der Waals surface area contributed by atoms with E-state index in [0.29, 0.717) is 0 Å². The quantitative estimate of drug-likeness (QED) is 0.337. The molecule has 0 spiro atoms. The van der Waals surface area contributed by atoms with Gasteiger partial charge in [0.25, 0.3) is 0 Å². The summed E-state index contributed by atoms with van der Waals surface area (Å²) >= 11 is 0. The number of rotatable bonds is 0. The van der Waals surface area contributed by atoms with Gasteiger partial charge in [0.05, 0.1) is 0 Å². The standard InChI is InChI=1S/C9H7.2ClH.Hf/c1-2-5-9-7-3-6-8(9)4-1;;;/h1-7H;2*1H;/q-1;;;+4/p-2. The molecule has 0 unspecified atom stereocenters. The van der Waals surface area contributed by atoms with E-state index in [1.807, 2.05) is 0 Å². The van der Waals surface area contributed by atoms with Crippen LogP contribution in [0.1, 0.15) is 0 Å². The number of hydrogen-bond donors (Lipinski definition) is 0. The Morgan fingerprint density at radius 3 is 2.25 bits per heavy atom. The molecule has 0 aliphatic rings. The molecule has 2 aromatic carbocycles. The maximum Gasteiger partial charge on any atom is 4.00 e. The van der Waals surface area contributed by atoms with Crippen molar-refractivity contribution in [3.63, 3.8) is 0 Å². The number of benzene rings is 1. The van der Waals surface area contributed by atoms with Crippen LogP contribution in [0.5, 0.6) is 0 Å². The second kappa shape index (κ2) is 6.76. The summed E-state index contributed by atoms with van der Waals surface area (Å²) in [5.74, 6) is 0. The van der Waals surface area contributed by atoms with Gasteiger partial charge in [0, 0.05) is 0 Å². The first-order chi connectivity index (χ1) is 4.47. The van der Waals surface area contributed by atoms with Crippen LogP contribution in [0.2, 0.25) is 0 Å². The summed E-state index contributed by atoms with van der Waals surface area (Å²) < 4.78 is 0. The Bertz CT molecular complexity index is 287. The maximum absolute atomic E-state index is 2.12. The molecule has 0 radical (unpaired) electrons. The normalized spacial score (nSPS) is 7.67. The average molecular weight is 365 g/mol. The van der Waals surface area contributed by atoms with Gasteiger partial charge in [-0.1, -0.05) is 6.07 Å². The van der Waals surface area contributed by atoms with Crippen LogP contribution in [0.15, 0.2) is 42.5 Å². The molecule has 0 aromatic heterocycles. The molecular weight excluding hydrogens is 357 g/mol. The van der Waals surface area contributed by atoms with Gasteiger partial charge in [-0.15, -0.1) is 29.7 Å². The summed E-state index contributed by atoms with van der Waals surface area (Å²) in [4.78, 5) is 0. The molecule has 3 heteroatoms. The van der Waals surface area contributed by atoms with E-state index in [-0.39, 0.29) is 50.7 Å². The third-order valence-corrected chi connectivity index (χ3v) is 1.55. The van der Waals surface area contributed by atoms with Crippen LogP contribution in [0.3, 0.4) is 0 Å².